The largest absolute Gasteiger partial charge is 0.384 e. The number of nitrogens with one attached hydrogen (secondary N) is 2. The van der Waals surface area contributed by atoms with E-state index in [9.17, 15) is 8.42 Å². The molecule has 132 valence electrons. The van der Waals surface area contributed by atoms with Gasteiger partial charge in [0.25, 0.3) is 15.2 Å². The third-order valence-electron chi connectivity index (χ3n) is 3.76. The number of nitrogens with zero attached hydrogens (tertiary/aromatic N) is 2. The van der Waals surface area contributed by atoms with Crippen LogP contribution in [0.5, 0.6) is 0 Å². The zero-order chi connectivity index (χ0) is 16.9. The molecule has 1 aliphatic carbocycles. The summed E-state index contributed by atoms with van der Waals surface area (Å²) < 4.78 is 38.1. The predicted octanol–water partition coefficient (Wildman–Crippen LogP) is 1.01. The first-order chi connectivity index (χ1) is 10.9. The van der Waals surface area contributed by atoms with Crippen LogP contribution in [0.4, 0.5) is 0 Å². The lowest BCUT2D eigenvalue weighted by atomic mass is 9.93. The van der Waals surface area contributed by atoms with Gasteiger partial charge >= 0.3 is 0 Å². The molecule has 0 amide bonds. The Morgan fingerprint density at radius 2 is 2.00 bits per heavy atom. The molecule has 2 rings (SSSR count). The topological polar surface area (TPSA) is 106 Å². The van der Waals surface area contributed by atoms with E-state index in [4.69, 9.17) is 9.47 Å². The third kappa shape index (κ3) is 5.52. The molecule has 0 saturated heterocycles. The van der Waals surface area contributed by atoms with Crippen LogP contribution in [-0.2, 0) is 25.9 Å². The van der Waals surface area contributed by atoms with Crippen LogP contribution in [0.25, 0.3) is 0 Å². The van der Waals surface area contributed by atoms with Crippen LogP contribution in [0, 0.1) is 0 Å². The number of rotatable bonds is 8. The maximum atomic E-state index is 12.3. The predicted molar refractivity (Wildman–Crippen MR) is 84.5 cm³/mol. The van der Waals surface area contributed by atoms with Crippen LogP contribution in [0.1, 0.15) is 45.4 Å². The fourth-order valence-corrected chi connectivity index (χ4v) is 3.86. The average molecular weight is 346 g/mol. The van der Waals surface area contributed by atoms with Crippen LogP contribution in [-0.4, -0.2) is 55.6 Å². The quantitative estimate of drug-likeness (QED) is 0.727. The molecule has 0 aliphatic heterocycles. The van der Waals surface area contributed by atoms with E-state index in [1.807, 2.05) is 13.8 Å². The van der Waals surface area contributed by atoms with Crippen molar-refractivity contribution in [2.45, 2.75) is 69.4 Å². The summed E-state index contributed by atoms with van der Waals surface area (Å²) in [4.78, 5) is 4.02. The number of ether oxygens (including phenoxy) is 2. The fourth-order valence-electron chi connectivity index (χ4n) is 2.68. The van der Waals surface area contributed by atoms with Gasteiger partial charge in [-0.25, -0.2) is 18.1 Å². The van der Waals surface area contributed by atoms with Gasteiger partial charge in [0.1, 0.15) is 5.82 Å². The van der Waals surface area contributed by atoms with E-state index in [0.29, 0.717) is 18.9 Å². The second kappa shape index (κ2) is 8.18. The Kier molecular flexibility index (Phi) is 6.51. The zero-order valence-corrected chi connectivity index (χ0v) is 14.7. The maximum Gasteiger partial charge on any atom is 0.282 e. The molecule has 1 aromatic rings. The molecule has 0 radical (unpaired) electrons. The summed E-state index contributed by atoms with van der Waals surface area (Å²) in [6.07, 6.45) is 4.16. The van der Waals surface area contributed by atoms with Crippen molar-refractivity contribution in [3.8, 4) is 0 Å². The number of methoxy groups -OCH3 is 1. The molecule has 1 saturated carbocycles. The minimum absolute atomic E-state index is 0.0899. The van der Waals surface area contributed by atoms with E-state index >= 15 is 0 Å². The Bertz CT molecular complexity index is 579. The first-order valence-corrected chi connectivity index (χ1v) is 9.47. The van der Waals surface area contributed by atoms with Crippen LogP contribution >= 0.6 is 0 Å². The van der Waals surface area contributed by atoms with Crippen molar-refractivity contribution in [1.82, 2.24) is 19.9 Å². The van der Waals surface area contributed by atoms with Gasteiger partial charge < -0.3 is 9.47 Å². The monoisotopic (exact) mass is 346 g/mol. The van der Waals surface area contributed by atoms with E-state index in [0.717, 1.165) is 25.7 Å². The van der Waals surface area contributed by atoms with Gasteiger partial charge in [0.05, 0.1) is 18.8 Å². The summed E-state index contributed by atoms with van der Waals surface area (Å²) in [5.41, 5.74) is 0. The highest BCUT2D eigenvalue weighted by Gasteiger charge is 2.28. The summed E-state index contributed by atoms with van der Waals surface area (Å²) in [6, 6.07) is -0.0899. The zero-order valence-electron chi connectivity index (χ0n) is 13.9. The number of hydrogen-bond donors (Lipinski definition) is 2. The van der Waals surface area contributed by atoms with Crippen LogP contribution in [0.2, 0.25) is 0 Å². The van der Waals surface area contributed by atoms with Crippen LogP contribution in [0.15, 0.2) is 5.16 Å². The molecule has 1 aromatic heterocycles. The molecule has 0 aromatic carbocycles. The molecule has 9 heteroatoms. The Labute approximate surface area is 137 Å². The highest BCUT2D eigenvalue weighted by molar-refractivity contribution is 7.89. The van der Waals surface area contributed by atoms with Crippen molar-refractivity contribution < 1.29 is 17.9 Å². The Morgan fingerprint density at radius 1 is 1.30 bits per heavy atom. The van der Waals surface area contributed by atoms with Gasteiger partial charge in [-0.05, 0) is 39.5 Å². The molecule has 1 heterocycles. The van der Waals surface area contributed by atoms with Gasteiger partial charge in [0.15, 0.2) is 0 Å². The minimum atomic E-state index is -3.69. The Morgan fingerprint density at radius 3 is 2.61 bits per heavy atom. The SMILES string of the molecule is COCCc1nc(S(=O)(=O)NC2CCC(OC(C)C)CC2)n[nH]1. The molecular formula is C14H26N4O4S. The summed E-state index contributed by atoms with van der Waals surface area (Å²) in [7, 11) is -2.11. The van der Waals surface area contributed by atoms with Crippen molar-refractivity contribution in [1.29, 1.82) is 0 Å². The smallest absolute Gasteiger partial charge is 0.282 e. The van der Waals surface area contributed by atoms with Crippen molar-refractivity contribution in [3.63, 3.8) is 0 Å². The summed E-state index contributed by atoms with van der Waals surface area (Å²) in [5, 5.41) is 6.22. The molecule has 0 spiro atoms. The number of aromatic nitrogens is 3. The molecule has 0 unspecified atom stereocenters. The molecular weight excluding hydrogens is 320 g/mol. The molecule has 0 atom stereocenters. The van der Waals surface area contributed by atoms with Gasteiger partial charge in [-0.3, -0.25) is 5.10 Å². The molecule has 0 bridgehead atoms. The fraction of sp³-hybridized carbons (Fsp3) is 0.857. The Hall–Kier alpha value is -1.03. The van der Waals surface area contributed by atoms with Crippen molar-refractivity contribution in [2.24, 2.45) is 0 Å². The van der Waals surface area contributed by atoms with Gasteiger partial charge in [0.2, 0.25) is 0 Å². The average Bonchev–Trinajstić information content (AvgIpc) is 2.96. The molecule has 23 heavy (non-hydrogen) atoms. The second-order valence-electron chi connectivity index (χ2n) is 6.09. The molecule has 1 aliphatic rings. The van der Waals surface area contributed by atoms with Crippen molar-refractivity contribution in [3.05, 3.63) is 5.82 Å². The van der Waals surface area contributed by atoms with E-state index in [1.54, 1.807) is 7.11 Å². The molecule has 1 fully saturated rings. The second-order valence-corrected chi connectivity index (χ2v) is 7.69. The van der Waals surface area contributed by atoms with Gasteiger partial charge in [-0.15, -0.1) is 5.10 Å². The highest BCUT2D eigenvalue weighted by atomic mass is 32.2. The first kappa shape index (κ1) is 18.3. The number of H-pyrrole nitrogens is 1. The Balaban J connectivity index is 1.88. The minimum Gasteiger partial charge on any atom is -0.384 e. The summed E-state index contributed by atoms with van der Waals surface area (Å²) in [6.45, 7) is 4.49. The van der Waals surface area contributed by atoms with Crippen LogP contribution < -0.4 is 4.72 Å². The van der Waals surface area contributed by atoms with Gasteiger partial charge in [-0.2, -0.15) is 0 Å². The normalized spacial score (nSPS) is 22.6. The van der Waals surface area contributed by atoms with Gasteiger partial charge in [0, 0.05) is 19.6 Å². The van der Waals surface area contributed by atoms with E-state index in [-0.39, 0.29) is 23.4 Å². The molecule has 8 nitrogen and oxygen atoms in total. The van der Waals surface area contributed by atoms with Crippen molar-refractivity contribution in [2.75, 3.05) is 13.7 Å². The van der Waals surface area contributed by atoms with E-state index < -0.39 is 10.0 Å². The highest BCUT2D eigenvalue weighted by Crippen LogP contribution is 2.23. The number of aromatic amines is 1. The standard InChI is InChI=1S/C14H26N4O4S/c1-10(2)22-12-6-4-11(5-7-12)18-23(19,20)14-15-13(16-17-14)8-9-21-3/h10-12,18H,4-9H2,1-3H3,(H,15,16,17). The lowest BCUT2D eigenvalue weighted by molar-refractivity contribution is -0.0150. The maximum absolute atomic E-state index is 12.3. The molecule has 2 N–H and O–H groups in total. The van der Waals surface area contributed by atoms with E-state index in [1.165, 1.54) is 0 Å². The summed E-state index contributed by atoms with van der Waals surface area (Å²) >= 11 is 0. The first-order valence-electron chi connectivity index (χ1n) is 7.98. The summed E-state index contributed by atoms with van der Waals surface area (Å²) in [5.74, 6) is 0.501. The lowest BCUT2D eigenvalue weighted by Gasteiger charge is -2.29. The third-order valence-corrected chi connectivity index (χ3v) is 5.06. The van der Waals surface area contributed by atoms with Crippen molar-refractivity contribution >= 4 is 10.0 Å². The number of sulfonamides is 1. The number of hydrogen-bond acceptors (Lipinski definition) is 6. The van der Waals surface area contributed by atoms with E-state index in [2.05, 4.69) is 19.9 Å². The lowest BCUT2D eigenvalue weighted by Crippen LogP contribution is -2.39. The van der Waals surface area contributed by atoms with Gasteiger partial charge in [-0.1, -0.05) is 0 Å². The van der Waals surface area contributed by atoms with Crippen LogP contribution in [0.3, 0.4) is 0 Å².